The predicted octanol–water partition coefficient (Wildman–Crippen LogP) is 5.70. The van der Waals surface area contributed by atoms with E-state index in [1.54, 1.807) is 12.1 Å². The van der Waals surface area contributed by atoms with Crippen LogP contribution in [0.15, 0.2) is 30.3 Å². The molecule has 1 aliphatic heterocycles. The first-order chi connectivity index (χ1) is 17.2. The Hall–Kier alpha value is -2.13. The summed E-state index contributed by atoms with van der Waals surface area (Å²) in [4.78, 5) is 13.2. The number of β-amino-alcohol motifs (C(OH)–C–C–N with tert-alkyl or cyclic N) is 1. The second-order valence-corrected chi connectivity index (χ2v) is 9.76. The number of ether oxygens (including phenoxy) is 1. The van der Waals surface area contributed by atoms with Crippen LogP contribution in [-0.2, 0) is 22.4 Å². The molecule has 2 N–H and O–H groups in total. The van der Waals surface area contributed by atoms with Crippen LogP contribution in [0.1, 0.15) is 61.8 Å². The molecule has 198 valence electrons. The van der Waals surface area contributed by atoms with Crippen molar-refractivity contribution < 1.29 is 32.9 Å². The van der Waals surface area contributed by atoms with Crippen molar-refractivity contribution in [3.05, 3.63) is 69.5 Å². The summed E-state index contributed by atoms with van der Waals surface area (Å²) in [5.74, 6) is -3.08. The van der Waals surface area contributed by atoms with E-state index in [-0.39, 0.29) is 41.6 Å². The van der Waals surface area contributed by atoms with Crippen molar-refractivity contribution in [2.45, 2.75) is 70.1 Å². The Morgan fingerprint density at radius 1 is 1.22 bits per heavy atom. The summed E-state index contributed by atoms with van der Waals surface area (Å²) in [6.45, 7) is 3.02. The van der Waals surface area contributed by atoms with Crippen molar-refractivity contribution in [2.24, 2.45) is 0 Å². The van der Waals surface area contributed by atoms with Gasteiger partial charge in [-0.1, -0.05) is 31.0 Å². The van der Waals surface area contributed by atoms with Gasteiger partial charge in [-0.3, -0.25) is 9.69 Å². The van der Waals surface area contributed by atoms with E-state index in [2.05, 4.69) is 4.90 Å². The van der Waals surface area contributed by atoms with E-state index in [0.29, 0.717) is 25.8 Å². The van der Waals surface area contributed by atoms with Crippen molar-refractivity contribution in [3.63, 3.8) is 0 Å². The quantitative estimate of drug-likeness (QED) is 0.350. The van der Waals surface area contributed by atoms with Crippen molar-refractivity contribution >= 4 is 17.6 Å². The number of rotatable bonds is 13. The fourth-order valence-electron chi connectivity index (χ4n) is 4.85. The molecule has 0 unspecified atom stereocenters. The second-order valence-electron chi connectivity index (χ2n) is 9.36. The van der Waals surface area contributed by atoms with Crippen molar-refractivity contribution in [1.82, 2.24) is 4.90 Å². The fraction of sp³-hybridized carbons (Fsp3) is 0.519. The van der Waals surface area contributed by atoms with E-state index in [1.807, 2.05) is 6.92 Å². The van der Waals surface area contributed by atoms with Crippen LogP contribution in [0, 0.1) is 17.5 Å². The van der Waals surface area contributed by atoms with Gasteiger partial charge in [-0.25, -0.2) is 13.2 Å². The molecule has 0 radical (unpaired) electrons. The van der Waals surface area contributed by atoms with Gasteiger partial charge in [0.05, 0.1) is 23.8 Å². The molecule has 3 rings (SSSR count). The van der Waals surface area contributed by atoms with Gasteiger partial charge < -0.3 is 14.9 Å². The number of likely N-dealkylation sites (tertiary alicyclic amines) is 1. The van der Waals surface area contributed by atoms with Crippen molar-refractivity contribution in [1.29, 1.82) is 0 Å². The van der Waals surface area contributed by atoms with E-state index in [1.165, 1.54) is 12.1 Å². The van der Waals surface area contributed by atoms with Gasteiger partial charge in [0.1, 0.15) is 17.5 Å². The van der Waals surface area contributed by atoms with Crippen LogP contribution < -0.4 is 0 Å². The molecule has 3 atom stereocenters. The van der Waals surface area contributed by atoms with Gasteiger partial charge in [0.15, 0.2) is 0 Å². The van der Waals surface area contributed by atoms with Crippen LogP contribution in [0.3, 0.4) is 0 Å². The number of carboxylic acids is 1. The first kappa shape index (κ1) is 28.4. The average Bonchev–Trinajstić information content (AvgIpc) is 3.24. The van der Waals surface area contributed by atoms with Gasteiger partial charge in [-0.15, -0.1) is 0 Å². The molecule has 5 nitrogen and oxygen atoms in total. The minimum atomic E-state index is -1.07. The SMILES string of the molecule is CCC[C@@H](OC[C@H](O)CN1CCC[C@H]1Cc1ccc(Cl)c(F)c1)c1cc(F)cc(F)c1CCC(=O)O. The zero-order chi connectivity index (χ0) is 26.2. The highest BCUT2D eigenvalue weighted by Crippen LogP contribution is 2.30. The zero-order valence-electron chi connectivity index (χ0n) is 20.4. The first-order valence-electron chi connectivity index (χ1n) is 12.3. The molecule has 0 aromatic heterocycles. The zero-order valence-corrected chi connectivity index (χ0v) is 21.1. The predicted molar refractivity (Wildman–Crippen MR) is 132 cm³/mol. The Morgan fingerprint density at radius 2 is 2.00 bits per heavy atom. The molecule has 2 aromatic rings. The molecule has 0 spiro atoms. The van der Waals surface area contributed by atoms with E-state index < -0.39 is 35.6 Å². The first-order valence-corrected chi connectivity index (χ1v) is 12.7. The topological polar surface area (TPSA) is 70.0 Å². The summed E-state index contributed by atoms with van der Waals surface area (Å²) < 4.78 is 48.4. The third-order valence-electron chi connectivity index (χ3n) is 6.57. The van der Waals surface area contributed by atoms with Crippen molar-refractivity contribution in [2.75, 3.05) is 19.7 Å². The van der Waals surface area contributed by atoms with E-state index in [4.69, 9.17) is 21.4 Å². The molecule has 1 aliphatic rings. The van der Waals surface area contributed by atoms with Crippen molar-refractivity contribution in [3.8, 4) is 0 Å². The second kappa shape index (κ2) is 13.4. The molecule has 1 heterocycles. The Balaban J connectivity index is 1.64. The normalized spacial score (nSPS) is 17.9. The molecule has 1 saturated heterocycles. The summed E-state index contributed by atoms with van der Waals surface area (Å²) >= 11 is 5.78. The van der Waals surface area contributed by atoms with Crippen LogP contribution in [0.4, 0.5) is 13.2 Å². The highest BCUT2D eigenvalue weighted by Gasteiger charge is 2.28. The number of benzene rings is 2. The number of nitrogens with zero attached hydrogens (tertiary/aromatic N) is 1. The molecule has 1 fully saturated rings. The number of hydrogen-bond donors (Lipinski definition) is 2. The highest BCUT2D eigenvalue weighted by atomic mass is 35.5. The summed E-state index contributed by atoms with van der Waals surface area (Å²) in [6.07, 6.45) is 1.77. The minimum absolute atomic E-state index is 0.0417. The fourth-order valence-corrected chi connectivity index (χ4v) is 4.97. The molecule has 36 heavy (non-hydrogen) atoms. The van der Waals surface area contributed by atoms with Crippen LogP contribution >= 0.6 is 11.6 Å². The van der Waals surface area contributed by atoms with Gasteiger partial charge in [0, 0.05) is 25.1 Å². The number of carboxylic acid groups (broad SMARTS) is 1. The van der Waals surface area contributed by atoms with Crippen LogP contribution in [0.2, 0.25) is 5.02 Å². The summed E-state index contributed by atoms with van der Waals surface area (Å²) in [5, 5.41) is 19.8. The minimum Gasteiger partial charge on any atom is -0.481 e. The average molecular weight is 528 g/mol. The Morgan fingerprint density at radius 3 is 2.69 bits per heavy atom. The number of carbonyl (C=O) groups is 1. The van der Waals surface area contributed by atoms with Crippen LogP contribution in [0.5, 0.6) is 0 Å². The summed E-state index contributed by atoms with van der Waals surface area (Å²) in [6, 6.07) is 6.87. The highest BCUT2D eigenvalue weighted by molar-refractivity contribution is 6.30. The summed E-state index contributed by atoms with van der Waals surface area (Å²) in [7, 11) is 0. The lowest BCUT2D eigenvalue weighted by molar-refractivity contribution is -0.136. The Bertz CT molecular complexity index is 1040. The molecular formula is C27H33ClF3NO4. The van der Waals surface area contributed by atoms with Crippen LogP contribution in [-0.4, -0.2) is 52.9 Å². The van der Waals surface area contributed by atoms with Gasteiger partial charge in [0.2, 0.25) is 0 Å². The number of aliphatic hydroxyl groups excluding tert-OH is 1. The molecule has 0 saturated carbocycles. The van der Waals surface area contributed by atoms with Gasteiger partial charge in [-0.2, -0.15) is 0 Å². The third kappa shape index (κ3) is 7.93. The number of hydrogen-bond acceptors (Lipinski definition) is 4. The smallest absolute Gasteiger partial charge is 0.303 e. The molecule has 0 amide bonds. The summed E-state index contributed by atoms with van der Waals surface area (Å²) in [5.41, 5.74) is 1.25. The Labute approximate surface area is 214 Å². The number of halogens is 4. The van der Waals surface area contributed by atoms with Gasteiger partial charge in [-0.05, 0) is 73.5 Å². The van der Waals surface area contributed by atoms with E-state index in [9.17, 15) is 23.1 Å². The molecule has 9 heteroatoms. The van der Waals surface area contributed by atoms with Crippen LogP contribution in [0.25, 0.3) is 0 Å². The maximum Gasteiger partial charge on any atom is 0.303 e. The third-order valence-corrected chi connectivity index (χ3v) is 6.88. The molecule has 0 bridgehead atoms. The number of aliphatic carboxylic acids is 1. The van der Waals surface area contributed by atoms with E-state index >= 15 is 0 Å². The molecular weight excluding hydrogens is 495 g/mol. The van der Waals surface area contributed by atoms with Gasteiger partial charge in [0.25, 0.3) is 0 Å². The van der Waals surface area contributed by atoms with Gasteiger partial charge >= 0.3 is 5.97 Å². The monoisotopic (exact) mass is 527 g/mol. The maximum atomic E-state index is 14.5. The Kier molecular flexibility index (Phi) is 10.6. The standard InChI is InChI=1S/C27H33ClF3NO4/c1-2-4-26(22-13-18(29)14-24(30)21(22)7-9-27(34)35)36-16-20(33)15-32-10-3-5-19(32)11-17-6-8-23(28)25(31)12-17/h6,8,12-14,19-20,26,33H,2-5,7,9-11,15-16H2,1H3,(H,34,35)/t19-,20+,26+/m0/s1. The lowest BCUT2D eigenvalue weighted by Gasteiger charge is -2.28. The molecule has 0 aliphatic carbocycles. The number of aliphatic hydroxyl groups is 1. The largest absolute Gasteiger partial charge is 0.481 e. The van der Waals surface area contributed by atoms with E-state index in [0.717, 1.165) is 31.0 Å². The lowest BCUT2D eigenvalue weighted by Crippen LogP contribution is -2.39. The molecule has 2 aromatic carbocycles. The lowest BCUT2D eigenvalue weighted by atomic mass is 9.95. The maximum absolute atomic E-state index is 14.5.